The summed E-state index contributed by atoms with van der Waals surface area (Å²) in [4.78, 5) is 16.5. The Bertz CT molecular complexity index is 680. The molecule has 0 spiro atoms. The minimum atomic E-state index is 0.135. The van der Waals surface area contributed by atoms with Crippen molar-refractivity contribution in [1.29, 1.82) is 0 Å². The van der Waals surface area contributed by atoms with Crippen LogP contribution in [0.15, 0.2) is 35.7 Å². The fourth-order valence-electron chi connectivity index (χ4n) is 2.67. The molecule has 2 aromatic rings. The van der Waals surface area contributed by atoms with Crippen LogP contribution in [0.5, 0.6) is 5.75 Å². The Morgan fingerprint density at radius 2 is 1.92 bits per heavy atom. The molecule has 1 N–H and O–H groups in total. The number of piperazine rings is 1. The van der Waals surface area contributed by atoms with Crippen molar-refractivity contribution >= 4 is 23.4 Å². The number of benzene rings is 1. The van der Waals surface area contributed by atoms with Crippen LogP contribution in [0.25, 0.3) is 0 Å². The van der Waals surface area contributed by atoms with Gasteiger partial charge in [0.1, 0.15) is 12.1 Å². The number of amides is 1. The minimum absolute atomic E-state index is 0.135. The van der Waals surface area contributed by atoms with Crippen molar-refractivity contribution in [3.8, 4) is 5.75 Å². The number of nitrogens with zero attached hydrogens (tertiary/aromatic N) is 5. The van der Waals surface area contributed by atoms with Crippen LogP contribution in [-0.2, 0) is 11.3 Å². The molecule has 1 aromatic carbocycles. The molecule has 7 nitrogen and oxygen atoms in total. The van der Waals surface area contributed by atoms with Gasteiger partial charge in [-0.1, -0.05) is 11.8 Å². The fourth-order valence-corrected chi connectivity index (χ4v) is 3.55. The predicted molar refractivity (Wildman–Crippen MR) is 93.3 cm³/mol. The first-order valence-electron chi connectivity index (χ1n) is 7.99. The number of rotatable bonds is 5. The number of hydrogen-bond acceptors (Lipinski definition) is 6. The zero-order valence-corrected chi connectivity index (χ0v) is 14.4. The SMILES string of the molecule is CCn1cnnc1SCC(=O)N1CCN(c2ccc(O)cc2)CC1. The summed E-state index contributed by atoms with van der Waals surface area (Å²) < 4.78 is 1.93. The van der Waals surface area contributed by atoms with E-state index in [9.17, 15) is 9.90 Å². The highest BCUT2D eigenvalue weighted by Gasteiger charge is 2.21. The second-order valence-electron chi connectivity index (χ2n) is 5.57. The number of thioether (sulfide) groups is 1. The number of phenols is 1. The predicted octanol–water partition coefficient (Wildman–Crippen LogP) is 1.44. The molecule has 1 saturated heterocycles. The molecule has 0 bridgehead atoms. The van der Waals surface area contributed by atoms with Crippen LogP contribution < -0.4 is 4.90 Å². The highest BCUT2D eigenvalue weighted by Crippen LogP contribution is 2.21. The maximum Gasteiger partial charge on any atom is 0.233 e. The number of aryl methyl sites for hydroxylation is 1. The zero-order chi connectivity index (χ0) is 16.9. The summed E-state index contributed by atoms with van der Waals surface area (Å²) in [6.07, 6.45) is 1.68. The Morgan fingerprint density at radius 3 is 2.58 bits per heavy atom. The van der Waals surface area contributed by atoms with Crippen LogP contribution >= 0.6 is 11.8 Å². The maximum absolute atomic E-state index is 12.4. The quantitative estimate of drug-likeness (QED) is 0.825. The van der Waals surface area contributed by atoms with Gasteiger partial charge in [0, 0.05) is 38.4 Å². The average molecular weight is 347 g/mol. The van der Waals surface area contributed by atoms with Crippen LogP contribution in [-0.4, -0.2) is 62.6 Å². The Kier molecular flexibility index (Phi) is 5.24. The van der Waals surface area contributed by atoms with E-state index in [1.165, 1.54) is 11.8 Å². The van der Waals surface area contributed by atoms with Crippen LogP contribution in [0.3, 0.4) is 0 Å². The van der Waals surface area contributed by atoms with E-state index in [0.717, 1.165) is 30.5 Å². The summed E-state index contributed by atoms with van der Waals surface area (Å²) in [5.74, 6) is 0.790. The monoisotopic (exact) mass is 347 g/mol. The van der Waals surface area contributed by atoms with Crippen molar-refractivity contribution in [2.24, 2.45) is 0 Å². The average Bonchev–Trinajstić information content (AvgIpc) is 3.08. The molecule has 1 aliphatic rings. The van der Waals surface area contributed by atoms with E-state index < -0.39 is 0 Å². The third-order valence-corrected chi connectivity index (χ3v) is 5.06. The number of aromatic nitrogens is 3. The Hall–Kier alpha value is -2.22. The lowest BCUT2D eigenvalue weighted by Gasteiger charge is -2.36. The van der Waals surface area contributed by atoms with E-state index in [1.807, 2.05) is 28.5 Å². The number of carbonyl (C=O) groups is 1. The molecule has 0 radical (unpaired) electrons. The summed E-state index contributed by atoms with van der Waals surface area (Å²) in [5.41, 5.74) is 1.07. The molecule has 1 aliphatic heterocycles. The van der Waals surface area contributed by atoms with Gasteiger partial charge in [-0.3, -0.25) is 4.79 Å². The van der Waals surface area contributed by atoms with Crippen molar-refractivity contribution in [2.45, 2.75) is 18.6 Å². The molecule has 1 fully saturated rings. The van der Waals surface area contributed by atoms with Crippen LogP contribution in [0, 0.1) is 0 Å². The Balaban J connectivity index is 1.49. The molecular formula is C16H21N5O2S. The molecule has 3 rings (SSSR count). The lowest BCUT2D eigenvalue weighted by molar-refractivity contribution is -0.128. The standard InChI is InChI=1S/C16H21N5O2S/c1-2-19-12-17-18-16(19)24-11-15(23)21-9-7-20(8-10-21)13-3-5-14(22)6-4-13/h3-6,12,22H,2,7-11H2,1H3. The molecule has 0 saturated carbocycles. The van der Waals surface area contributed by atoms with Gasteiger partial charge in [-0.2, -0.15) is 0 Å². The molecule has 1 amide bonds. The van der Waals surface area contributed by atoms with Gasteiger partial charge in [-0.15, -0.1) is 10.2 Å². The largest absolute Gasteiger partial charge is 0.508 e. The highest BCUT2D eigenvalue weighted by molar-refractivity contribution is 7.99. The van der Waals surface area contributed by atoms with Crippen molar-refractivity contribution in [3.63, 3.8) is 0 Å². The second kappa shape index (κ2) is 7.57. The highest BCUT2D eigenvalue weighted by atomic mass is 32.2. The number of carbonyl (C=O) groups excluding carboxylic acids is 1. The van der Waals surface area contributed by atoms with E-state index in [-0.39, 0.29) is 11.7 Å². The molecule has 2 heterocycles. The second-order valence-corrected chi connectivity index (χ2v) is 6.51. The molecule has 0 aliphatic carbocycles. The first-order valence-corrected chi connectivity index (χ1v) is 8.98. The van der Waals surface area contributed by atoms with Crippen molar-refractivity contribution in [2.75, 3.05) is 36.8 Å². The molecule has 8 heteroatoms. The third kappa shape index (κ3) is 3.81. The number of phenolic OH excluding ortho intramolecular Hbond substituents is 1. The molecule has 0 atom stereocenters. The smallest absolute Gasteiger partial charge is 0.233 e. The first-order chi connectivity index (χ1) is 11.7. The van der Waals surface area contributed by atoms with E-state index >= 15 is 0 Å². The van der Waals surface area contributed by atoms with E-state index in [2.05, 4.69) is 15.1 Å². The van der Waals surface area contributed by atoms with Crippen molar-refractivity contribution < 1.29 is 9.90 Å². The lowest BCUT2D eigenvalue weighted by Crippen LogP contribution is -2.49. The number of hydrogen-bond donors (Lipinski definition) is 1. The summed E-state index contributed by atoms with van der Waals surface area (Å²) in [5, 5.41) is 18.1. The summed E-state index contributed by atoms with van der Waals surface area (Å²) >= 11 is 1.44. The van der Waals surface area contributed by atoms with Crippen LogP contribution in [0.2, 0.25) is 0 Å². The van der Waals surface area contributed by atoms with E-state index in [0.29, 0.717) is 18.8 Å². The molecule has 0 unspecified atom stereocenters. The minimum Gasteiger partial charge on any atom is -0.508 e. The number of anilines is 1. The molecule has 128 valence electrons. The Labute approximate surface area is 145 Å². The van der Waals surface area contributed by atoms with Gasteiger partial charge in [-0.25, -0.2) is 0 Å². The first kappa shape index (κ1) is 16.6. The van der Waals surface area contributed by atoms with Gasteiger partial charge in [0.05, 0.1) is 5.75 Å². The molecular weight excluding hydrogens is 326 g/mol. The fraction of sp³-hybridized carbons (Fsp3) is 0.438. The summed E-state index contributed by atoms with van der Waals surface area (Å²) in [6, 6.07) is 7.18. The van der Waals surface area contributed by atoms with Gasteiger partial charge in [-0.05, 0) is 31.2 Å². The number of aromatic hydroxyl groups is 1. The van der Waals surface area contributed by atoms with E-state index in [4.69, 9.17) is 0 Å². The van der Waals surface area contributed by atoms with Crippen molar-refractivity contribution in [1.82, 2.24) is 19.7 Å². The van der Waals surface area contributed by atoms with Gasteiger partial charge in [0.25, 0.3) is 0 Å². The zero-order valence-electron chi connectivity index (χ0n) is 13.6. The lowest BCUT2D eigenvalue weighted by atomic mass is 10.2. The third-order valence-electron chi connectivity index (χ3n) is 4.09. The van der Waals surface area contributed by atoms with Crippen LogP contribution in [0.1, 0.15) is 6.92 Å². The normalized spacial score (nSPS) is 14.9. The summed E-state index contributed by atoms with van der Waals surface area (Å²) in [6.45, 7) is 5.84. The molecule has 1 aromatic heterocycles. The van der Waals surface area contributed by atoms with Gasteiger partial charge in [0.15, 0.2) is 5.16 Å². The van der Waals surface area contributed by atoms with Gasteiger partial charge < -0.3 is 19.5 Å². The maximum atomic E-state index is 12.4. The Morgan fingerprint density at radius 1 is 1.21 bits per heavy atom. The molecule has 24 heavy (non-hydrogen) atoms. The van der Waals surface area contributed by atoms with Gasteiger partial charge >= 0.3 is 0 Å². The van der Waals surface area contributed by atoms with Gasteiger partial charge in [0.2, 0.25) is 5.91 Å². The summed E-state index contributed by atoms with van der Waals surface area (Å²) in [7, 11) is 0. The van der Waals surface area contributed by atoms with E-state index in [1.54, 1.807) is 18.5 Å². The van der Waals surface area contributed by atoms with Crippen molar-refractivity contribution in [3.05, 3.63) is 30.6 Å². The topological polar surface area (TPSA) is 74.5 Å². The van der Waals surface area contributed by atoms with Crippen LogP contribution in [0.4, 0.5) is 5.69 Å².